The van der Waals surface area contributed by atoms with E-state index in [2.05, 4.69) is 15.0 Å². The van der Waals surface area contributed by atoms with E-state index < -0.39 is 0 Å². The maximum Gasteiger partial charge on any atom is 0.222 e. The lowest BCUT2D eigenvalue weighted by Crippen LogP contribution is -1.97. The topological polar surface area (TPSA) is 83.2 Å². The summed E-state index contributed by atoms with van der Waals surface area (Å²) < 4.78 is 10.6. The summed E-state index contributed by atoms with van der Waals surface area (Å²) in [6.45, 7) is 0. The van der Waals surface area contributed by atoms with Gasteiger partial charge in [0.25, 0.3) is 0 Å². The van der Waals surface area contributed by atoms with Crippen LogP contribution < -0.4 is 15.2 Å². The molecule has 0 aliphatic heterocycles. The molecule has 2 N–H and O–H groups in total. The predicted octanol–water partition coefficient (Wildman–Crippen LogP) is 3.60. The van der Waals surface area contributed by atoms with E-state index in [0.29, 0.717) is 43.7 Å². The number of methoxy groups -OCH3 is 2. The molecule has 118 valence electrons. The summed E-state index contributed by atoms with van der Waals surface area (Å²) in [5.41, 5.74) is 7.31. The normalized spacial score (nSPS) is 10.8. The molecule has 0 spiro atoms. The molecule has 0 aliphatic rings. The number of nitrogen functional groups attached to an aromatic ring is 1. The predicted molar refractivity (Wildman–Crippen MR) is 90.3 cm³/mol. The Morgan fingerprint density at radius 3 is 2.22 bits per heavy atom. The van der Waals surface area contributed by atoms with Gasteiger partial charge in [0, 0.05) is 35.0 Å². The van der Waals surface area contributed by atoms with Crippen LogP contribution in [0.2, 0.25) is 10.0 Å². The molecule has 0 aliphatic carbocycles. The van der Waals surface area contributed by atoms with E-state index in [1.165, 1.54) is 14.2 Å². The zero-order valence-electron chi connectivity index (χ0n) is 12.3. The third-order valence-electron chi connectivity index (χ3n) is 3.31. The third kappa shape index (κ3) is 2.71. The number of fused-ring (bicyclic) bond motifs is 1. The zero-order valence-corrected chi connectivity index (χ0v) is 13.8. The second kappa shape index (κ2) is 6.06. The molecule has 6 nitrogen and oxygen atoms in total. The van der Waals surface area contributed by atoms with Crippen molar-refractivity contribution < 1.29 is 9.47 Å². The van der Waals surface area contributed by atoms with Crippen molar-refractivity contribution in [2.24, 2.45) is 0 Å². The lowest BCUT2D eigenvalue weighted by molar-refractivity contribution is 0.395. The van der Waals surface area contributed by atoms with Gasteiger partial charge in [-0.3, -0.25) is 0 Å². The number of ether oxygens (including phenoxy) is 2. The lowest BCUT2D eigenvalue weighted by atomic mass is 10.1. The molecule has 3 aromatic rings. The quantitative estimate of drug-likeness (QED) is 0.776. The van der Waals surface area contributed by atoms with Crippen LogP contribution in [0.5, 0.6) is 11.5 Å². The van der Waals surface area contributed by atoms with E-state index in [4.69, 9.17) is 38.4 Å². The van der Waals surface area contributed by atoms with E-state index in [1.807, 2.05) is 6.07 Å². The van der Waals surface area contributed by atoms with Crippen LogP contribution in [0.3, 0.4) is 0 Å². The number of halogens is 2. The van der Waals surface area contributed by atoms with Crippen molar-refractivity contribution in [1.29, 1.82) is 0 Å². The summed E-state index contributed by atoms with van der Waals surface area (Å²) in [7, 11) is 3.04. The number of pyridine rings is 1. The summed E-state index contributed by atoms with van der Waals surface area (Å²) in [6, 6.07) is 3.46. The maximum atomic E-state index is 6.41. The average Bonchev–Trinajstić information content (AvgIpc) is 2.55. The minimum absolute atomic E-state index is 0.164. The van der Waals surface area contributed by atoms with Crippen LogP contribution in [0.25, 0.3) is 22.2 Å². The van der Waals surface area contributed by atoms with E-state index in [1.54, 1.807) is 18.5 Å². The smallest absolute Gasteiger partial charge is 0.222 e. The summed E-state index contributed by atoms with van der Waals surface area (Å²) in [5, 5.41) is 1.46. The highest BCUT2D eigenvalue weighted by molar-refractivity contribution is 6.41. The Balaban J connectivity index is 2.27. The molecule has 8 heteroatoms. The number of aromatic nitrogens is 3. The van der Waals surface area contributed by atoms with E-state index in [0.717, 1.165) is 0 Å². The van der Waals surface area contributed by atoms with Crippen molar-refractivity contribution in [3.63, 3.8) is 0 Å². The van der Waals surface area contributed by atoms with Gasteiger partial charge in [0.15, 0.2) is 5.65 Å². The summed E-state index contributed by atoms with van der Waals surface area (Å²) >= 11 is 12.8. The molecule has 2 aromatic heterocycles. The third-order valence-corrected chi connectivity index (χ3v) is 4.06. The first-order valence-electron chi connectivity index (χ1n) is 6.53. The number of nitrogens with zero attached hydrogens (tertiary/aromatic N) is 3. The number of nitrogens with two attached hydrogens (primary N) is 1. The van der Waals surface area contributed by atoms with Gasteiger partial charge in [-0.25, -0.2) is 9.97 Å². The van der Waals surface area contributed by atoms with Crippen LogP contribution in [0.4, 0.5) is 5.95 Å². The second-order valence-electron chi connectivity index (χ2n) is 4.65. The van der Waals surface area contributed by atoms with Crippen LogP contribution >= 0.6 is 23.2 Å². The molecule has 0 amide bonds. The van der Waals surface area contributed by atoms with Crippen LogP contribution in [0.1, 0.15) is 0 Å². The Hall–Kier alpha value is -2.31. The Morgan fingerprint density at radius 2 is 1.61 bits per heavy atom. The van der Waals surface area contributed by atoms with Gasteiger partial charge < -0.3 is 15.2 Å². The minimum atomic E-state index is 0.164. The molecule has 0 saturated carbocycles. The first-order valence-corrected chi connectivity index (χ1v) is 7.29. The molecule has 3 rings (SSSR count). The molecule has 0 fully saturated rings. The fourth-order valence-electron chi connectivity index (χ4n) is 2.21. The van der Waals surface area contributed by atoms with Crippen molar-refractivity contribution in [2.75, 3.05) is 20.0 Å². The summed E-state index contributed by atoms with van der Waals surface area (Å²) in [4.78, 5) is 12.3. The Bertz CT molecular complexity index is 874. The molecule has 1 aromatic carbocycles. The maximum absolute atomic E-state index is 6.41. The number of benzene rings is 1. The summed E-state index contributed by atoms with van der Waals surface area (Å²) in [5.74, 6) is 1.07. The fraction of sp³-hybridized carbons (Fsp3) is 0.133. The Labute approximate surface area is 142 Å². The number of anilines is 1. The first kappa shape index (κ1) is 15.6. The van der Waals surface area contributed by atoms with Crippen molar-refractivity contribution >= 4 is 40.2 Å². The first-order chi connectivity index (χ1) is 11.0. The van der Waals surface area contributed by atoms with Crippen LogP contribution in [0, 0.1) is 0 Å². The second-order valence-corrected chi connectivity index (χ2v) is 5.41. The van der Waals surface area contributed by atoms with Crippen molar-refractivity contribution in [3.05, 3.63) is 34.6 Å². The molecule has 0 bridgehead atoms. The molecule has 0 atom stereocenters. The largest absolute Gasteiger partial charge is 0.495 e. The minimum Gasteiger partial charge on any atom is -0.495 e. The van der Waals surface area contributed by atoms with Crippen molar-refractivity contribution in [1.82, 2.24) is 15.0 Å². The molecule has 0 unspecified atom stereocenters. The van der Waals surface area contributed by atoms with Gasteiger partial charge in [-0.15, -0.1) is 0 Å². The molecule has 0 radical (unpaired) electrons. The highest BCUT2D eigenvalue weighted by Gasteiger charge is 2.19. The van der Waals surface area contributed by atoms with Gasteiger partial charge in [0.2, 0.25) is 5.95 Å². The monoisotopic (exact) mass is 350 g/mol. The number of hydrogen-bond acceptors (Lipinski definition) is 6. The van der Waals surface area contributed by atoms with E-state index in [9.17, 15) is 0 Å². The standard InChI is InChI=1S/C15H12Cl2N4O2/c1-22-9-4-10(23-2)13(17)11(12(9)16)7-3-8-6-20-15(18)21-14(8)19-5-7/h3-6H,1-2H3,(H2,18,19,20,21). The molecular formula is C15H12Cl2N4O2. The van der Waals surface area contributed by atoms with E-state index in [-0.39, 0.29) is 5.95 Å². The zero-order chi connectivity index (χ0) is 16.6. The SMILES string of the molecule is COc1cc(OC)c(Cl)c(-c2cnc3nc(N)ncc3c2)c1Cl. The fourth-order valence-corrected chi connectivity index (χ4v) is 2.93. The molecule has 0 saturated heterocycles. The van der Waals surface area contributed by atoms with Gasteiger partial charge in [0.1, 0.15) is 11.5 Å². The number of rotatable bonds is 3. The molecule has 2 heterocycles. The van der Waals surface area contributed by atoms with E-state index >= 15 is 0 Å². The van der Waals surface area contributed by atoms with Gasteiger partial charge in [0.05, 0.1) is 24.3 Å². The highest BCUT2D eigenvalue weighted by atomic mass is 35.5. The van der Waals surface area contributed by atoms with Crippen LogP contribution in [-0.2, 0) is 0 Å². The van der Waals surface area contributed by atoms with Gasteiger partial charge in [-0.05, 0) is 6.07 Å². The Morgan fingerprint density at radius 1 is 0.957 bits per heavy atom. The van der Waals surface area contributed by atoms with Crippen LogP contribution in [-0.4, -0.2) is 29.2 Å². The highest BCUT2D eigenvalue weighted by Crippen LogP contribution is 2.46. The Kier molecular flexibility index (Phi) is 4.11. The van der Waals surface area contributed by atoms with Gasteiger partial charge >= 0.3 is 0 Å². The van der Waals surface area contributed by atoms with Gasteiger partial charge in [-0.1, -0.05) is 23.2 Å². The number of hydrogen-bond donors (Lipinski definition) is 1. The van der Waals surface area contributed by atoms with Crippen molar-refractivity contribution in [3.8, 4) is 22.6 Å². The van der Waals surface area contributed by atoms with Crippen molar-refractivity contribution in [2.45, 2.75) is 0 Å². The van der Waals surface area contributed by atoms with Crippen LogP contribution in [0.15, 0.2) is 24.5 Å². The molecule has 23 heavy (non-hydrogen) atoms. The molecular weight excluding hydrogens is 339 g/mol. The van der Waals surface area contributed by atoms with Gasteiger partial charge in [-0.2, -0.15) is 4.98 Å². The lowest BCUT2D eigenvalue weighted by Gasteiger charge is -2.14. The summed E-state index contributed by atoms with van der Waals surface area (Å²) in [6.07, 6.45) is 3.20. The average molecular weight is 351 g/mol.